The Balaban J connectivity index is 2.61. The van der Waals surface area contributed by atoms with E-state index in [1.165, 1.54) is 32.4 Å². The summed E-state index contributed by atoms with van der Waals surface area (Å²) in [5.41, 5.74) is 0.409. The van der Waals surface area contributed by atoms with Crippen LogP contribution >= 0.6 is 0 Å². The molecule has 0 aliphatic carbocycles. The number of nitrogens with zero attached hydrogens (tertiary/aromatic N) is 1. The Morgan fingerprint density at radius 2 is 1.80 bits per heavy atom. The summed E-state index contributed by atoms with van der Waals surface area (Å²) in [7, 11) is 0. The molecular weight excluding hydrogens is 248 g/mol. The van der Waals surface area contributed by atoms with Crippen LogP contribution < -0.4 is 5.32 Å². The Labute approximate surface area is 126 Å². The summed E-state index contributed by atoms with van der Waals surface area (Å²) in [6.07, 6.45) is 3.64. The second-order valence-electron chi connectivity index (χ2n) is 7.20. The third-order valence-corrected chi connectivity index (χ3v) is 4.39. The Morgan fingerprint density at radius 1 is 1.15 bits per heavy atom. The number of hydrogen-bond donors (Lipinski definition) is 1. The van der Waals surface area contributed by atoms with Crippen LogP contribution in [0.25, 0.3) is 0 Å². The number of rotatable bonds is 9. The maximum atomic E-state index is 5.61. The SMILES string of the molecule is CCCN(CC1(CNCC(C)C)CCOCC1)C(C)C. The fraction of sp³-hybridized carbons (Fsp3) is 1.00. The first-order chi connectivity index (χ1) is 9.49. The molecule has 0 amide bonds. The minimum atomic E-state index is 0.409. The highest BCUT2D eigenvalue weighted by molar-refractivity contribution is 4.88. The van der Waals surface area contributed by atoms with Crippen molar-refractivity contribution < 1.29 is 4.74 Å². The van der Waals surface area contributed by atoms with E-state index in [0.29, 0.717) is 11.5 Å². The minimum absolute atomic E-state index is 0.409. The summed E-state index contributed by atoms with van der Waals surface area (Å²) in [5.74, 6) is 0.726. The smallest absolute Gasteiger partial charge is 0.0472 e. The zero-order valence-electron chi connectivity index (χ0n) is 14.4. The van der Waals surface area contributed by atoms with E-state index < -0.39 is 0 Å². The van der Waals surface area contributed by atoms with Crippen molar-refractivity contribution in [1.82, 2.24) is 10.2 Å². The van der Waals surface area contributed by atoms with E-state index in [0.717, 1.165) is 32.2 Å². The molecule has 0 aromatic rings. The van der Waals surface area contributed by atoms with Gasteiger partial charge in [0.15, 0.2) is 0 Å². The Kier molecular flexibility index (Phi) is 8.08. The van der Waals surface area contributed by atoms with Gasteiger partial charge in [0, 0.05) is 32.3 Å². The predicted molar refractivity (Wildman–Crippen MR) is 87.2 cm³/mol. The predicted octanol–water partition coefficient (Wildman–Crippen LogP) is 3.15. The molecule has 0 unspecified atom stereocenters. The topological polar surface area (TPSA) is 24.5 Å². The third kappa shape index (κ3) is 6.11. The van der Waals surface area contributed by atoms with Crippen molar-refractivity contribution >= 4 is 0 Å². The molecule has 0 aromatic heterocycles. The summed E-state index contributed by atoms with van der Waals surface area (Å²) >= 11 is 0. The average molecular weight is 284 g/mol. The average Bonchev–Trinajstić information content (AvgIpc) is 2.39. The molecule has 1 rings (SSSR count). The van der Waals surface area contributed by atoms with Gasteiger partial charge in [-0.2, -0.15) is 0 Å². The van der Waals surface area contributed by atoms with Crippen molar-refractivity contribution in [3.8, 4) is 0 Å². The van der Waals surface area contributed by atoms with Crippen molar-refractivity contribution in [1.29, 1.82) is 0 Å². The molecule has 0 atom stereocenters. The van der Waals surface area contributed by atoms with Gasteiger partial charge >= 0.3 is 0 Å². The maximum absolute atomic E-state index is 5.61. The quantitative estimate of drug-likeness (QED) is 0.704. The van der Waals surface area contributed by atoms with Crippen LogP contribution in [0.2, 0.25) is 0 Å². The van der Waals surface area contributed by atoms with Gasteiger partial charge in [0.1, 0.15) is 0 Å². The molecule has 0 spiro atoms. The summed E-state index contributed by atoms with van der Waals surface area (Å²) in [6, 6.07) is 0.639. The molecule has 1 fully saturated rings. The molecule has 20 heavy (non-hydrogen) atoms. The second kappa shape index (κ2) is 9.01. The van der Waals surface area contributed by atoms with Gasteiger partial charge in [0.25, 0.3) is 0 Å². The zero-order valence-corrected chi connectivity index (χ0v) is 14.4. The van der Waals surface area contributed by atoms with Crippen molar-refractivity contribution in [3.05, 3.63) is 0 Å². The maximum Gasteiger partial charge on any atom is 0.0472 e. The van der Waals surface area contributed by atoms with E-state index in [4.69, 9.17) is 4.74 Å². The Bertz CT molecular complexity index is 247. The van der Waals surface area contributed by atoms with E-state index in [9.17, 15) is 0 Å². The number of ether oxygens (including phenoxy) is 1. The highest BCUT2D eigenvalue weighted by Gasteiger charge is 2.34. The molecule has 1 saturated heterocycles. The van der Waals surface area contributed by atoms with Crippen LogP contribution in [0.3, 0.4) is 0 Å². The number of nitrogens with one attached hydrogen (secondary N) is 1. The van der Waals surface area contributed by atoms with Crippen molar-refractivity contribution in [2.75, 3.05) is 39.4 Å². The summed E-state index contributed by atoms with van der Waals surface area (Å²) in [4.78, 5) is 2.66. The highest BCUT2D eigenvalue weighted by atomic mass is 16.5. The van der Waals surface area contributed by atoms with Crippen LogP contribution in [0, 0.1) is 11.3 Å². The van der Waals surface area contributed by atoms with Crippen LogP contribution in [0.1, 0.15) is 53.9 Å². The van der Waals surface area contributed by atoms with Gasteiger partial charge in [-0.25, -0.2) is 0 Å². The summed E-state index contributed by atoms with van der Waals surface area (Å²) in [5, 5.41) is 3.70. The van der Waals surface area contributed by atoms with Crippen LogP contribution in [0.15, 0.2) is 0 Å². The lowest BCUT2D eigenvalue weighted by atomic mass is 9.79. The van der Waals surface area contributed by atoms with Crippen molar-refractivity contribution in [2.45, 2.75) is 59.9 Å². The molecule has 0 bridgehead atoms. The molecule has 0 saturated carbocycles. The lowest BCUT2D eigenvalue weighted by Gasteiger charge is -2.42. The number of hydrogen-bond acceptors (Lipinski definition) is 3. The van der Waals surface area contributed by atoms with Crippen LogP contribution in [-0.2, 0) is 4.74 Å². The second-order valence-corrected chi connectivity index (χ2v) is 7.20. The molecule has 1 N–H and O–H groups in total. The first kappa shape index (κ1) is 17.9. The largest absolute Gasteiger partial charge is 0.381 e. The third-order valence-electron chi connectivity index (χ3n) is 4.39. The van der Waals surface area contributed by atoms with E-state index in [2.05, 4.69) is 44.8 Å². The molecule has 1 heterocycles. The lowest BCUT2D eigenvalue weighted by molar-refractivity contribution is -0.00967. The first-order valence-corrected chi connectivity index (χ1v) is 8.51. The van der Waals surface area contributed by atoms with Gasteiger partial charge in [0.2, 0.25) is 0 Å². The Morgan fingerprint density at radius 3 is 2.30 bits per heavy atom. The molecule has 0 radical (unpaired) electrons. The standard InChI is InChI=1S/C17H36N2O/c1-6-9-19(16(4)5)14-17(7-10-20-11-8-17)13-18-12-15(2)3/h15-16,18H,6-14H2,1-5H3. The minimum Gasteiger partial charge on any atom is -0.381 e. The van der Waals surface area contributed by atoms with Gasteiger partial charge < -0.3 is 15.0 Å². The molecule has 1 aliphatic heterocycles. The van der Waals surface area contributed by atoms with Crippen LogP contribution in [0.5, 0.6) is 0 Å². The highest BCUT2D eigenvalue weighted by Crippen LogP contribution is 2.31. The molecule has 3 heteroatoms. The van der Waals surface area contributed by atoms with E-state index in [1.807, 2.05) is 0 Å². The molecule has 120 valence electrons. The zero-order chi connectivity index (χ0) is 15.0. The summed E-state index contributed by atoms with van der Waals surface area (Å²) in [6.45, 7) is 18.0. The van der Waals surface area contributed by atoms with Crippen molar-refractivity contribution in [3.63, 3.8) is 0 Å². The monoisotopic (exact) mass is 284 g/mol. The molecular formula is C17H36N2O. The first-order valence-electron chi connectivity index (χ1n) is 8.51. The van der Waals surface area contributed by atoms with E-state index in [1.54, 1.807) is 0 Å². The van der Waals surface area contributed by atoms with Crippen LogP contribution in [-0.4, -0.2) is 50.3 Å². The summed E-state index contributed by atoms with van der Waals surface area (Å²) < 4.78 is 5.61. The molecule has 1 aliphatic rings. The molecule has 3 nitrogen and oxygen atoms in total. The fourth-order valence-electron chi connectivity index (χ4n) is 3.06. The van der Waals surface area contributed by atoms with Gasteiger partial charge in [-0.3, -0.25) is 0 Å². The fourth-order valence-corrected chi connectivity index (χ4v) is 3.06. The van der Waals surface area contributed by atoms with Gasteiger partial charge in [-0.05, 0) is 57.5 Å². The van der Waals surface area contributed by atoms with E-state index >= 15 is 0 Å². The lowest BCUT2D eigenvalue weighted by Crippen LogP contribution is -2.49. The molecule has 0 aromatic carbocycles. The van der Waals surface area contributed by atoms with Gasteiger partial charge in [0.05, 0.1) is 0 Å². The van der Waals surface area contributed by atoms with Crippen molar-refractivity contribution in [2.24, 2.45) is 11.3 Å². The van der Waals surface area contributed by atoms with E-state index in [-0.39, 0.29) is 0 Å². The Hall–Kier alpha value is -0.120. The van der Waals surface area contributed by atoms with Gasteiger partial charge in [-0.1, -0.05) is 20.8 Å². The van der Waals surface area contributed by atoms with Gasteiger partial charge in [-0.15, -0.1) is 0 Å². The normalized spacial score (nSPS) is 19.2. The van der Waals surface area contributed by atoms with Crippen LogP contribution in [0.4, 0.5) is 0 Å².